The van der Waals surface area contributed by atoms with Crippen molar-refractivity contribution in [3.63, 3.8) is 0 Å². The lowest BCUT2D eigenvalue weighted by Gasteiger charge is -2.43. The van der Waals surface area contributed by atoms with Gasteiger partial charge in [-0.15, -0.1) is 0 Å². The van der Waals surface area contributed by atoms with E-state index in [0.717, 1.165) is 4.90 Å². The molecular weight excluding hydrogens is 475 g/mol. The third-order valence-corrected chi connectivity index (χ3v) is 5.37. The summed E-state index contributed by atoms with van der Waals surface area (Å²) in [5.74, 6) is -4.96. The monoisotopic (exact) mass is 498 g/mol. The molecule has 1 fully saturated rings. The molecule has 14 heteroatoms. The van der Waals surface area contributed by atoms with Crippen molar-refractivity contribution < 1.29 is 26.7 Å². The molecule has 0 aliphatic carbocycles. The van der Waals surface area contributed by atoms with E-state index in [1.807, 2.05) is 0 Å². The molecule has 0 spiro atoms. The number of rotatable bonds is 7. The van der Waals surface area contributed by atoms with Crippen LogP contribution in [0.3, 0.4) is 0 Å². The smallest absolute Gasteiger partial charge is 0.393 e. The van der Waals surface area contributed by atoms with Gasteiger partial charge in [-0.3, -0.25) is 10.2 Å². The number of hydrogen-bond donors (Lipinski definition) is 3. The van der Waals surface area contributed by atoms with Gasteiger partial charge in [-0.25, -0.2) is 28.7 Å². The number of nitrogens with one attached hydrogen (secondary N) is 3. The Balaban J connectivity index is 1.83. The molecule has 0 saturated carbocycles. The molecule has 1 saturated heterocycles. The first-order valence-electron chi connectivity index (χ1n) is 10.5. The lowest BCUT2D eigenvalue weighted by Crippen LogP contribution is -2.59. The molecular formula is C21H23F5N8O. The molecule has 2 atom stereocenters. The van der Waals surface area contributed by atoms with E-state index in [1.165, 1.54) is 32.6 Å². The van der Waals surface area contributed by atoms with Crippen molar-refractivity contribution in [3.05, 3.63) is 48.4 Å². The van der Waals surface area contributed by atoms with Gasteiger partial charge >= 0.3 is 6.18 Å². The molecule has 1 aliphatic rings. The van der Waals surface area contributed by atoms with Crippen molar-refractivity contribution in [3.8, 4) is 0 Å². The zero-order valence-electron chi connectivity index (χ0n) is 18.8. The van der Waals surface area contributed by atoms with Crippen LogP contribution in [-0.4, -0.2) is 68.6 Å². The maximum absolute atomic E-state index is 14.4. The van der Waals surface area contributed by atoms with Gasteiger partial charge in [0, 0.05) is 51.0 Å². The van der Waals surface area contributed by atoms with Crippen molar-refractivity contribution >= 4 is 23.1 Å². The molecule has 3 heterocycles. The van der Waals surface area contributed by atoms with E-state index in [2.05, 4.69) is 30.6 Å². The van der Waals surface area contributed by atoms with Gasteiger partial charge in [0.2, 0.25) is 5.95 Å². The molecule has 1 aliphatic heterocycles. The van der Waals surface area contributed by atoms with Gasteiger partial charge < -0.3 is 15.5 Å². The summed E-state index contributed by atoms with van der Waals surface area (Å²) in [4.78, 5) is 29.4. The molecule has 9 nitrogen and oxygen atoms in total. The molecule has 3 rings (SSSR count). The summed E-state index contributed by atoms with van der Waals surface area (Å²) in [7, 11) is 1.54. The molecule has 1 unspecified atom stereocenters. The number of nitrogens with zero attached hydrogens (tertiary/aromatic N) is 5. The van der Waals surface area contributed by atoms with Crippen LogP contribution in [0.1, 0.15) is 24.7 Å². The summed E-state index contributed by atoms with van der Waals surface area (Å²) >= 11 is 0. The summed E-state index contributed by atoms with van der Waals surface area (Å²) in [6.45, 7) is 0.484. The number of likely N-dealkylation sites (tertiary alicyclic amines) is 1. The fourth-order valence-corrected chi connectivity index (χ4v) is 3.73. The van der Waals surface area contributed by atoms with E-state index >= 15 is 0 Å². The van der Waals surface area contributed by atoms with E-state index in [-0.39, 0.29) is 23.9 Å². The van der Waals surface area contributed by atoms with Crippen molar-refractivity contribution in [1.82, 2.24) is 30.2 Å². The summed E-state index contributed by atoms with van der Waals surface area (Å²) < 4.78 is 67.0. The minimum absolute atomic E-state index is 0.0115. The Morgan fingerprint density at radius 1 is 1.23 bits per heavy atom. The first-order valence-corrected chi connectivity index (χ1v) is 10.5. The Morgan fingerprint density at radius 3 is 2.43 bits per heavy atom. The number of halogens is 5. The molecule has 2 aromatic heterocycles. The second-order valence-corrected chi connectivity index (χ2v) is 8.01. The van der Waals surface area contributed by atoms with Crippen molar-refractivity contribution in [2.24, 2.45) is 5.92 Å². The number of amides is 1. The van der Waals surface area contributed by atoms with E-state index in [0.29, 0.717) is 12.4 Å². The quantitative estimate of drug-likeness (QED) is 0.397. The Kier molecular flexibility index (Phi) is 7.60. The fourth-order valence-electron chi connectivity index (χ4n) is 3.73. The molecule has 2 aromatic rings. The average Bonchev–Trinajstić information content (AvgIpc) is 2.80. The predicted octanol–water partition coefficient (Wildman–Crippen LogP) is 2.85. The van der Waals surface area contributed by atoms with Crippen molar-refractivity contribution in [1.29, 1.82) is 5.41 Å². The van der Waals surface area contributed by atoms with Gasteiger partial charge in [0.1, 0.15) is 5.71 Å². The molecule has 35 heavy (non-hydrogen) atoms. The Hall–Kier alpha value is -3.71. The average molecular weight is 498 g/mol. The number of hydrogen-bond acceptors (Lipinski definition) is 8. The van der Waals surface area contributed by atoms with Gasteiger partial charge in [-0.2, -0.15) is 13.2 Å². The second-order valence-electron chi connectivity index (χ2n) is 8.01. The molecule has 0 aromatic carbocycles. The van der Waals surface area contributed by atoms with Gasteiger partial charge in [-0.1, -0.05) is 6.92 Å². The molecule has 188 valence electrons. The maximum atomic E-state index is 14.4. The van der Waals surface area contributed by atoms with Crippen LogP contribution in [0.4, 0.5) is 27.9 Å². The van der Waals surface area contributed by atoms with E-state index in [1.54, 1.807) is 6.07 Å². The van der Waals surface area contributed by atoms with Crippen LogP contribution in [0.25, 0.3) is 5.57 Å². The summed E-state index contributed by atoms with van der Waals surface area (Å²) in [6.07, 6.45) is 0.236. The van der Waals surface area contributed by atoms with E-state index in [9.17, 15) is 26.7 Å². The Labute approximate surface area is 197 Å². The number of alkyl halides is 5. The highest BCUT2D eigenvalue weighted by molar-refractivity contribution is 6.54. The number of carbonyl (C=O) groups excluding carboxylic acids is 1. The fraction of sp³-hybridized carbons (Fsp3) is 0.429. The highest BCUT2D eigenvalue weighted by Gasteiger charge is 2.47. The lowest BCUT2D eigenvalue weighted by atomic mass is 9.87. The second kappa shape index (κ2) is 10.3. The number of aromatic nitrogens is 4. The SMILES string of the molecule is CN/C=C(\C(=N)C(=O)N1CC(F)(F)C[C@@H](C)C1CNc1ncc(C(F)(F)F)cn1)c1ncccn1. The van der Waals surface area contributed by atoms with Crippen LogP contribution < -0.4 is 10.6 Å². The number of carbonyl (C=O) groups is 1. The van der Waals surface area contributed by atoms with Crippen LogP contribution in [0, 0.1) is 11.3 Å². The maximum Gasteiger partial charge on any atom is 0.419 e. The van der Waals surface area contributed by atoms with Crippen LogP contribution >= 0.6 is 0 Å². The zero-order valence-corrected chi connectivity index (χ0v) is 18.8. The summed E-state index contributed by atoms with van der Waals surface area (Å²) in [6, 6.07) is 0.727. The van der Waals surface area contributed by atoms with Crippen LogP contribution in [0.2, 0.25) is 0 Å². The standard InChI is InChI=1S/C21H23F5N8O/c1-12-6-20(22,23)11-34(15(12)10-33-19-31-7-13(8-32-19)21(24,25)26)18(35)16(27)14(9-28-2)17-29-4-3-5-30-17/h3-5,7-9,12,15,27-28H,6,10-11H2,1-2H3,(H,31,32,33)/b14-9+,27-16?/t12-,15?/m1/s1. The van der Waals surface area contributed by atoms with Gasteiger partial charge in [0.15, 0.2) is 5.82 Å². The van der Waals surface area contributed by atoms with Crippen LogP contribution in [0.15, 0.2) is 37.1 Å². The first kappa shape index (κ1) is 25.9. The van der Waals surface area contributed by atoms with Crippen molar-refractivity contribution in [2.45, 2.75) is 31.5 Å². The minimum atomic E-state index is -4.60. The molecule has 0 bridgehead atoms. The molecule has 0 radical (unpaired) electrons. The largest absolute Gasteiger partial charge is 0.419 e. The summed E-state index contributed by atoms with van der Waals surface area (Å²) in [5, 5.41) is 13.8. The predicted molar refractivity (Wildman–Crippen MR) is 117 cm³/mol. The third-order valence-electron chi connectivity index (χ3n) is 5.37. The minimum Gasteiger partial charge on any atom is -0.393 e. The number of piperidine rings is 1. The highest BCUT2D eigenvalue weighted by atomic mass is 19.4. The summed E-state index contributed by atoms with van der Waals surface area (Å²) in [5.41, 5.74) is -1.62. The normalized spacial score (nSPS) is 20.3. The van der Waals surface area contributed by atoms with Gasteiger partial charge in [-0.05, 0) is 12.0 Å². The Morgan fingerprint density at radius 2 is 1.86 bits per heavy atom. The van der Waals surface area contributed by atoms with Crippen molar-refractivity contribution in [2.75, 3.05) is 25.5 Å². The van der Waals surface area contributed by atoms with Gasteiger partial charge in [0.25, 0.3) is 11.8 Å². The molecule has 1 amide bonds. The highest BCUT2D eigenvalue weighted by Crippen LogP contribution is 2.35. The van der Waals surface area contributed by atoms with Crippen LogP contribution in [0.5, 0.6) is 0 Å². The zero-order chi connectivity index (χ0) is 25.8. The Bertz CT molecular complexity index is 1080. The van der Waals surface area contributed by atoms with Gasteiger partial charge in [0.05, 0.1) is 23.7 Å². The topological polar surface area (TPSA) is 120 Å². The van der Waals surface area contributed by atoms with E-state index < -0.39 is 54.2 Å². The first-order chi connectivity index (χ1) is 16.4. The third kappa shape index (κ3) is 6.25. The lowest BCUT2D eigenvalue weighted by molar-refractivity contribution is -0.145. The number of anilines is 1. The molecule has 3 N–H and O–H groups in total. The van der Waals surface area contributed by atoms with E-state index in [4.69, 9.17) is 5.41 Å². The van der Waals surface area contributed by atoms with Crippen LogP contribution in [-0.2, 0) is 11.0 Å².